The summed E-state index contributed by atoms with van der Waals surface area (Å²) in [5.74, 6) is -0.0488. The first-order valence-corrected chi connectivity index (χ1v) is 7.07. The third-order valence-electron chi connectivity index (χ3n) is 2.69. The molecule has 0 fully saturated rings. The van der Waals surface area contributed by atoms with Gasteiger partial charge in [-0.3, -0.25) is 0 Å². The molecule has 2 rings (SSSR count). The minimum atomic E-state index is -0.433. The lowest BCUT2D eigenvalue weighted by Crippen LogP contribution is -2.20. The van der Waals surface area contributed by atoms with E-state index in [1.165, 1.54) is 4.68 Å². The molecule has 0 aliphatic rings. The van der Waals surface area contributed by atoms with Crippen LogP contribution in [0.25, 0.3) is 5.95 Å². The minimum Gasteiger partial charge on any atom is -0.462 e. The van der Waals surface area contributed by atoms with Gasteiger partial charge in [0, 0.05) is 18.6 Å². The Morgan fingerprint density at radius 2 is 1.95 bits per heavy atom. The molecule has 0 spiro atoms. The molecule has 0 atom stereocenters. The van der Waals surface area contributed by atoms with E-state index >= 15 is 0 Å². The Kier molecular flexibility index (Phi) is 4.87. The smallest absolute Gasteiger partial charge is 0.341 e. The molecule has 0 saturated carbocycles. The van der Waals surface area contributed by atoms with Gasteiger partial charge in [-0.1, -0.05) is 0 Å². The summed E-state index contributed by atoms with van der Waals surface area (Å²) < 4.78 is 12.2. The molecule has 7 heteroatoms. The summed E-state index contributed by atoms with van der Waals surface area (Å²) in [6.45, 7) is 8.08. The molecular formula is C15H20N4O3. The lowest BCUT2D eigenvalue weighted by atomic mass is 10.2. The van der Waals surface area contributed by atoms with Crippen molar-refractivity contribution in [2.45, 2.75) is 39.9 Å². The molecule has 0 aromatic carbocycles. The Morgan fingerprint density at radius 1 is 1.27 bits per heavy atom. The van der Waals surface area contributed by atoms with E-state index in [1.807, 2.05) is 20.8 Å². The van der Waals surface area contributed by atoms with Crippen molar-refractivity contribution in [1.82, 2.24) is 19.7 Å². The predicted octanol–water partition coefficient (Wildman–Crippen LogP) is 2.15. The van der Waals surface area contributed by atoms with Gasteiger partial charge in [0.05, 0.1) is 18.8 Å². The number of aromatic nitrogens is 4. The molecule has 22 heavy (non-hydrogen) atoms. The summed E-state index contributed by atoms with van der Waals surface area (Å²) in [6.07, 6.45) is 4.79. The fourth-order valence-electron chi connectivity index (χ4n) is 1.69. The quantitative estimate of drug-likeness (QED) is 0.788. The molecule has 7 nitrogen and oxygen atoms in total. The summed E-state index contributed by atoms with van der Waals surface area (Å²) in [7, 11) is 0. The van der Waals surface area contributed by atoms with Gasteiger partial charge in [0.1, 0.15) is 11.3 Å². The van der Waals surface area contributed by atoms with E-state index in [4.69, 9.17) is 9.47 Å². The van der Waals surface area contributed by atoms with Crippen LogP contribution >= 0.6 is 0 Å². The van der Waals surface area contributed by atoms with Gasteiger partial charge in [-0.2, -0.15) is 5.10 Å². The zero-order valence-corrected chi connectivity index (χ0v) is 13.2. The Hall–Kier alpha value is -2.28. The maximum absolute atomic E-state index is 12.1. The number of hydrogen-bond donors (Lipinski definition) is 0. The van der Waals surface area contributed by atoms with E-state index < -0.39 is 5.97 Å². The Bertz CT molecular complexity index is 632. The highest BCUT2D eigenvalue weighted by atomic mass is 16.5. The minimum absolute atomic E-state index is 0.206. The van der Waals surface area contributed by atoms with Gasteiger partial charge >= 0.3 is 5.97 Å². The number of ether oxygens (including phenoxy) is 2. The third kappa shape index (κ3) is 4.11. The number of carbonyl (C=O) groups is 1. The molecule has 0 bridgehead atoms. The summed E-state index contributed by atoms with van der Waals surface area (Å²) in [5.41, 5.74) is 0.526. The molecule has 2 aromatic rings. The number of rotatable bonds is 5. The van der Waals surface area contributed by atoms with Gasteiger partial charge in [0.15, 0.2) is 0 Å². The fraction of sp³-hybridized carbons (Fsp3) is 0.467. The first kappa shape index (κ1) is 16.1. The Labute approximate surface area is 129 Å². The molecular weight excluding hydrogens is 284 g/mol. The average molecular weight is 304 g/mol. The van der Waals surface area contributed by atoms with E-state index in [9.17, 15) is 4.79 Å². The van der Waals surface area contributed by atoms with Crippen LogP contribution in [0.1, 0.15) is 43.7 Å². The maximum atomic E-state index is 12.1. The van der Waals surface area contributed by atoms with Gasteiger partial charge in [0.25, 0.3) is 0 Å². The average Bonchev–Trinajstić information content (AvgIpc) is 2.90. The van der Waals surface area contributed by atoms with Crippen LogP contribution in [0.15, 0.2) is 24.7 Å². The molecule has 0 unspecified atom stereocenters. The van der Waals surface area contributed by atoms with Crippen LogP contribution in [0.5, 0.6) is 0 Å². The molecule has 0 amide bonds. The van der Waals surface area contributed by atoms with Crippen LogP contribution in [0.2, 0.25) is 0 Å². The van der Waals surface area contributed by atoms with Crippen molar-refractivity contribution in [3.05, 3.63) is 35.9 Å². The van der Waals surface area contributed by atoms with E-state index in [2.05, 4.69) is 15.1 Å². The summed E-state index contributed by atoms with van der Waals surface area (Å²) in [5, 5.41) is 4.35. The highest BCUT2D eigenvalue weighted by molar-refractivity contribution is 5.90. The molecule has 2 heterocycles. The van der Waals surface area contributed by atoms with Crippen LogP contribution < -0.4 is 0 Å². The van der Waals surface area contributed by atoms with Gasteiger partial charge in [-0.15, -0.1) is 0 Å². The highest BCUT2D eigenvalue weighted by Gasteiger charge is 2.21. The van der Waals surface area contributed by atoms with Crippen LogP contribution in [0, 0.1) is 0 Å². The fourth-order valence-corrected chi connectivity index (χ4v) is 1.69. The van der Waals surface area contributed by atoms with Crippen molar-refractivity contribution in [2.24, 2.45) is 0 Å². The SMILES string of the molecule is CCOC(=O)c1cn(-c2ncccn2)nc1COC(C)(C)C. The zero-order valence-electron chi connectivity index (χ0n) is 13.2. The normalized spacial score (nSPS) is 11.5. The second kappa shape index (κ2) is 6.65. The van der Waals surface area contributed by atoms with Crippen LogP contribution in [0.3, 0.4) is 0 Å². The molecule has 0 radical (unpaired) electrons. The van der Waals surface area contributed by atoms with Crippen LogP contribution in [-0.2, 0) is 16.1 Å². The van der Waals surface area contributed by atoms with Crippen molar-refractivity contribution >= 4 is 5.97 Å². The maximum Gasteiger partial charge on any atom is 0.341 e. The van der Waals surface area contributed by atoms with Crippen molar-refractivity contribution < 1.29 is 14.3 Å². The molecule has 0 aliphatic carbocycles. The van der Waals surface area contributed by atoms with Gasteiger partial charge in [0.2, 0.25) is 5.95 Å². The summed E-state index contributed by atoms with van der Waals surface area (Å²) in [6, 6.07) is 1.71. The van der Waals surface area contributed by atoms with Crippen molar-refractivity contribution in [3.63, 3.8) is 0 Å². The monoisotopic (exact) mass is 304 g/mol. The van der Waals surface area contributed by atoms with E-state index in [0.717, 1.165) is 0 Å². The second-order valence-corrected chi connectivity index (χ2v) is 5.60. The van der Waals surface area contributed by atoms with Crippen molar-refractivity contribution in [2.75, 3.05) is 6.61 Å². The second-order valence-electron chi connectivity index (χ2n) is 5.60. The first-order valence-electron chi connectivity index (χ1n) is 7.07. The van der Waals surface area contributed by atoms with Gasteiger partial charge in [-0.25, -0.2) is 19.4 Å². The molecule has 0 N–H and O–H groups in total. The summed E-state index contributed by atoms with van der Waals surface area (Å²) >= 11 is 0. The van der Waals surface area contributed by atoms with E-state index in [0.29, 0.717) is 23.8 Å². The van der Waals surface area contributed by atoms with Gasteiger partial charge in [-0.05, 0) is 33.8 Å². The highest BCUT2D eigenvalue weighted by Crippen LogP contribution is 2.16. The van der Waals surface area contributed by atoms with Crippen LogP contribution in [0.4, 0.5) is 0 Å². The zero-order chi connectivity index (χ0) is 16.2. The topological polar surface area (TPSA) is 79.1 Å². The van der Waals surface area contributed by atoms with E-state index in [1.54, 1.807) is 31.6 Å². The largest absolute Gasteiger partial charge is 0.462 e. The molecule has 118 valence electrons. The number of esters is 1. The lowest BCUT2D eigenvalue weighted by Gasteiger charge is -2.18. The first-order chi connectivity index (χ1) is 10.4. The lowest BCUT2D eigenvalue weighted by molar-refractivity contribution is -0.0171. The Morgan fingerprint density at radius 3 is 2.55 bits per heavy atom. The summed E-state index contributed by atoms with van der Waals surface area (Å²) in [4.78, 5) is 20.3. The van der Waals surface area contributed by atoms with Crippen molar-refractivity contribution in [1.29, 1.82) is 0 Å². The van der Waals surface area contributed by atoms with E-state index in [-0.39, 0.29) is 12.2 Å². The molecule has 0 aliphatic heterocycles. The predicted molar refractivity (Wildman–Crippen MR) is 79.7 cm³/mol. The Balaban J connectivity index is 2.33. The number of hydrogen-bond acceptors (Lipinski definition) is 6. The van der Waals surface area contributed by atoms with Crippen molar-refractivity contribution in [3.8, 4) is 5.95 Å². The molecule has 0 saturated heterocycles. The third-order valence-corrected chi connectivity index (χ3v) is 2.69. The molecule has 2 aromatic heterocycles. The standard InChI is InChI=1S/C15H20N4O3/c1-5-21-13(20)11-9-19(14-16-7-6-8-17-14)18-12(11)10-22-15(2,3)4/h6-9H,5,10H2,1-4H3. The number of nitrogens with zero attached hydrogens (tertiary/aromatic N) is 4. The van der Waals surface area contributed by atoms with Gasteiger partial charge < -0.3 is 9.47 Å². The van der Waals surface area contributed by atoms with Crippen LogP contribution in [-0.4, -0.2) is 37.9 Å². The number of carbonyl (C=O) groups excluding carboxylic acids is 1.